The highest BCUT2D eigenvalue weighted by Gasteiger charge is 2.27. The number of rotatable bonds is 6. The number of ether oxygens (including phenoxy) is 1. The molecule has 0 spiro atoms. The zero-order valence-corrected chi connectivity index (χ0v) is 28.6. The summed E-state index contributed by atoms with van der Waals surface area (Å²) in [6, 6.07) is 18.9. The molecule has 4 aromatic rings. The number of carbonyl (C=O) groups is 2. The number of pyridine rings is 1. The Labute approximate surface area is 280 Å². The number of aromatic nitrogens is 3. The Kier molecular flexibility index (Phi) is 11.2. The second-order valence-corrected chi connectivity index (χ2v) is 14.1. The first-order valence-corrected chi connectivity index (χ1v) is 17.2. The third-order valence-electron chi connectivity index (χ3n) is 7.43. The van der Waals surface area contributed by atoms with Gasteiger partial charge in [0.15, 0.2) is 0 Å². The van der Waals surface area contributed by atoms with Crippen LogP contribution in [0, 0.1) is 19.7 Å². The summed E-state index contributed by atoms with van der Waals surface area (Å²) in [5, 5.41) is 10.6. The second-order valence-electron chi connectivity index (χ2n) is 12.6. The number of benzene rings is 2. The van der Waals surface area contributed by atoms with Crippen LogP contribution in [0.15, 0.2) is 66.7 Å². The number of urea groups is 1. The standard InChI is InChI=1S/C33H37FN6O3.CH4O3S/c1-21-10-12-23(13-11-21)40-29(20-28(38-40)33(3,4)5)37-32(42)36-27-14-15-30(35-22(27)2)43-24-16-18-39(19-17-24)31(41)25-8-6-7-9-26(25)34;1-5(2,3)4/h6-15,20,24H,16-19H2,1-5H3,(H2,36,37,42);1H3,(H,2,3,4). The molecule has 0 aliphatic carbocycles. The predicted molar refractivity (Wildman–Crippen MR) is 182 cm³/mol. The summed E-state index contributed by atoms with van der Waals surface area (Å²) in [5.41, 5.74) is 3.86. The van der Waals surface area contributed by atoms with Gasteiger partial charge in [-0.25, -0.2) is 18.9 Å². The summed E-state index contributed by atoms with van der Waals surface area (Å²) in [7, 11) is -3.67. The fourth-order valence-corrected chi connectivity index (χ4v) is 4.88. The first kappa shape index (κ1) is 36.0. The van der Waals surface area contributed by atoms with Gasteiger partial charge in [0.05, 0.1) is 34.6 Å². The van der Waals surface area contributed by atoms with Crippen molar-refractivity contribution in [3.05, 3.63) is 95.1 Å². The van der Waals surface area contributed by atoms with E-state index in [4.69, 9.17) is 14.4 Å². The molecule has 2 aromatic heterocycles. The predicted octanol–water partition coefficient (Wildman–Crippen LogP) is 6.15. The van der Waals surface area contributed by atoms with Crippen LogP contribution in [0.2, 0.25) is 0 Å². The minimum Gasteiger partial charge on any atom is -0.474 e. The highest BCUT2D eigenvalue weighted by atomic mass is 32.2. The molecule has 14 heteroatoms. The van der Waals surface area contributed by atoms with Crippen LogP contribution in [0.25, 0.3) is 5.69 Å². The normalized spacial score (nSPS) is 13.7. The van der Waals surface area contributed by atoms with E-state index < -0.39 is 22.0 Å². The molecule has 2 aromatic carbocycles. The third kappa shape index (κ3) is 10.1. The second kappa shape index (κ2) is 14.9. The quantitative estimate of drug-likeness (QED) is 0.205. The molecule has 12 nitrogen and oxygen atoms in total. The molecule has 0 unspecified atom stereocenters. The SMILES string of the molecule is CS(=O)(=O)O.Cc1ccc(-n2nc(C(C)(C)C)cc2NC(=O)Nc2ccc(OC3CCN(C(=O)c4ccccc4F)CC3)nc2C)cc1. The highest BCUT2D eigenvalue weighted by molar-refractivity contribution is 7.85. The van der Waals surface area contributed by atoms with Crippen molar-refractivity contribution in [2.45, 2.75) is 59.0 Å². The minimum absolute atomic E-state index is 0.0838. The molecule has 3 N–H and O–H groups in total. The van der Waals surface area contributed by atoms with E-state index in [-0.39, 0.29) is 23.0 Å². The van der Waals surface area contributed by atoms with E-state index in [1.54, 1.807) is 40.8 Å². The molecule has 1 aliphatic heterocycles. The molecule has 1 aliphatic rings. The smallest absolute Gasteiger partial charge is 0.324 e. The van der Waals surface area contributed by atoms with Crippen molar-refractivity contribution in [1.82, 2.24) is 19.7 Å². The lowest BCUT2D eigenvalue weighted by Crippen LogP contribution is -2.42. The van der Waals surface area contributed by atoms with E-state index in [0.717, 1.165) is 16.9 Å². The van der Waals surface area contributed by atoms with Gasteiger partial charge in [-0.1, -0.05) is 50.6 Å². The summed E-state index contributed by atoms with van der Waals surface area (Å²) in [6.45, 7) is 11.0. The molecular weight excluding hydrogens is 639 g/mol. The zero-order valence-electron chi connectivity index (χ0n) is 27.8. The highest BCUT2D eigenvalue weighted by Crippen LogP contribution is 2.27. The maximum Gasteiger partial charge on any atom is 0.324 e. The van der Waals surface area contributed by atoms with Crippen LogP contribution in [0.3, 0.4) is 0 Å². The molecule has 3 heterocycles. The zero-order chi connectivity index (χ0) is 35.2. The van der Waals surface area contributed by atoms with Crippen molar-refractivity contribution < 1.29 is 31.7 Å². The van der Waals surface area contributed by atoms with Crippen molar-refractivity contribution in [2.75, 3.05) is 30.0 Å². The monoisotopic (exact) mass is 680 g/mol. The van der Waals surface area contributed by atoms with E-state index in [2.05, 4.69) is 36.4 Å². The number of amides is 3. The molecule has 256 valence electrons. The topological polar surface area (TPSA) is 156 Å². The average molecular weight is 681 g/mol. The molecule has 0 radical (unpaired) electrons. The largest absolute Gasteiger partial charge is 0.474 e. The van der Waals surface area contributed by atoms with Crippen LogP contribution in [0.4, 0.5) is 20.7 Å². The van der Waals surface area contributed by atoms with Crippen LogP contribution < -0.4 is 15.4 Å². The maximum absolute atomic E-state index is 14.0. The van der Waals surface area contributed by atoms with Gasteiger partial charge in [0.1, 0.15) is 17.7 Å². The Morgan fingerprint density at radius 2 is 1.60 bits per heavy atom. The first-order chi connectivity index (χ1) is 22.5. The van der Waals surface area contributed by atoms with Gasteiger partial charge in [-0.3, -0.25) is 14.7 Å². The van der Waals surface area contributed by atoms with Crippen LogP contribution in [0.1, 0.15) is 60.9 Å². The van der Waals surface area contributed by atoms with E-state index >= 15 is 0 Å². The average Bonchev–Trinajstić information content (AvgIpc) is 3.43. The first-order valence-electron chi connectivity index (χ1n) is 15.3. The molecule has 1 fully saturated rings. The number of piperidine rings is 1. The van der Waals surface area contributed by atoms with Crippen molar-refractivity contribution in [3.8, 4) is 11.6 Å². The van der Waals surface area contributed by atoms with Crippen LogP contribution in [-0.4, -0.2) is 70.0 Å². The number of hydrogen-bond acceptors (Lipinski definition) is 7. The van der Waals surface area contributed by atoms with E-state index in [1.165, 1.54) is 12.1 Å². The van der Waals surface area contributed by atoms with E-state index in [0.29, 0.717) is 55.3 Å². The number of aryl methyl sites for hydroxylation is 2. The van der Waals surface area contributed by atoms with E-state index in [9.17, 15) is 22.4 Å². The van der Waals surface area contributed by atoms with Gasteiger partial charge < -0.3 is 15.0 Å². The Balaban J connectivity index is 0.000000968. The third-order valence-corrected chi connectivity index (χ3v) is 7.43. The van der Waals surface area contributed by atoms with Crippen molar-refractivity contribution in [1.29, 1.82) is 0 Å². The number of nitrogens with zero attached hydrogens (tertiary/aromatic N) is 4. The van der Waals surface area contributed by atoms with Crippen LogP contribution >= 0.6 is 0 Å². The Hall–Kier alpha value is -4.82. The molecule has 5 rings (SSSR count). The van der Waals surface area contributed by atoms with Gasteiger partial charge in [-0.05, 0) is 44.2 Å². The summed E-state index contributed by atoms with van der Waals surface area (Å²) in [4.78, 5) is 32.0. The summed E-state index contributed by atoms with van der Waals surface area (Å²) in [6.07, 6.45) is 1.80. The Bertz CT molecular complexity index is 1860. The number of hydrogen-bond donors (Lipinski definition) is 3. The van der Waals surface area contributed by atoms with E-state index in [1.807, 2.05) is 37.3 Å². The summed E-state index contributed by atoms with van der Waals surface area (Å²) in [5.74, 6) is 0.168. The van der Waals surface area contributed by atoms with Gasteiger partial charge in [0.2, 0.25) is 5.88 Å². The Morgan fingerprint density at radius 1 is 0.979 bits per heavy atom. The van der Waals surface area contributed by atoms with Gasteiger partial charge in [0, 0.05) is 43.5 Å². The van der Waals surface area contributed by atoms with Gasteiger partial charge in [-0.15, -0.1) is 0 Å². The van der Waals surface area contributed by atoms with Crippen LogP contribution in [0.5, 0.6) is 5.88 Å². The van der Waals surface area contributed by atoms with Gasteiger partial charge in [0.25, 0.3) is 16.0 Å². The molecule has 0 atom stereocenters. The lowest BCUT2D eigenvalue weighted by molar-refractivity contribution is 0.0583. The number of halogens is 1. The number of likely N-dealkylation sites (tertiary alicyclic amines) is 1. The lowest BCUT2D eigenvalue weighted by atomic mass is 9.92. The molecular formula is C34H41FN6O6S. The fourth-order valence-electron chi connectivity index (χ4n) is 4.88. The van der Waals surface area contributed by atoms with Gasteiger partial charge in [-0.2, -0.15) is 13.5 Å². The Morgan fingerprint density at radius 3 is 2.19 bits per heavy atom. The van der Waals surface area contributed by atoms with Crippen molar-refractivity contribution in [2.24, 2.45) is 0 Å². The van der Waals surface area contributed by atoms with Gasteiger partial charge >= 0.3 is 6.03 Å². The molecule has 0 bridgehead atoms. The fraction of sp³-hybridized carbons (Fsp3) is 0.353. The molecule has 48 heavy (non-hydrogen) atoms. The van der Waals surface area contributed by atoms with Crippen molar-refractivity contribution >= 4 is 33.6 Å². The summed E-state index contributed by atoms with van der Waals surface area (Å²) < 4.78 is 47.7. The number of anilines is 2. The lowest BCUT2D eigenvalue weighted by Gasteiger charge is -2.32. The number of nitrogens with one attached hydrogen (secondary N) is 2. The molecule has 0 saturated carbocycles. The number of carbonyl (C=O) groups excluding carboxylic acids is 2. The summed E-state index contributed by atoms with van der Waals surface area (Å²) >= 11 is 0. The van der Waals surface area contributed by atoms with Crippen molar-refractivity contribution in [3.63, 3.8) is 0 Å². The maximum atomic E-state index is 14.0. The minimum atomic E-state index is -3.67. The molecule has 3 amide bonds. The molecule has 1 saturated heterocycles. The van der Waals surface area contributed by atoms with Crippen LogP contribution in [-0.2, 0) is 15.5 Å².